The lowest BCUT2D eigenvalue weighted by Crippen LogP contribution is -2.32. The van der Waals surface area contributed by atoms with E-state index in [2.05, 4.69) is 25.6 Å². The number of sulfone groups is 1. The Morgan fingerprint density at radius 1 is 1.03 bits per heavy atom. The summed E-state index contributed by atoms with van der Waals surface area (Å²) in [7, 11) is -3.67. The summed E-state index contributed by atoms with van der Waals surface area (Å²) in [5, 5.41) is 15.0. The van der Waals surface area contributed by atoms with Crippen LogP contribution in [-0.4, -0.2) is 52.1 Å². The Kier molecular flexibility index (Phi) is 8.83. The van der Waals surface area contributed by atoms with Crippen LogP contribution < -0.4 is 10.6 Å². The van der Waals surface area contributed by atoms with Crippen LogP contribution in [0.4, 0.5) is 11.5 Å². The highest BCUT2D eigenvalue weighted by Crippen LogP contribution is 2.19. The third-order valence-electron chi connectivity index (χ3n) is 4.88. The predicted molar refractivity (Wildman–Crippen MR) is 137 cm³/mol. The summed E-state index contributed by atoms with van der Waals surface area (Å²) >= 11 is 11.7. The highest BCUT2D eigenvalue weighted by molar-refractivity contribution is 7.91. The van der Waals surface area contributed by atoms with Gasteiger partial charge >= 0.3 is 5.97 Å². The Hall–Kier alpha value is -3.28. The number of pyridine rings is 1. The molecule has 1 aromatic carbocycles. The van der Waals surface area contributed by atoms with Crippen LogP contribution in [0, 0.1) is 6.92 Å². The first-order valence-corrected chi connectivity index (χ1v) is 13.2. The molecule has 0 bridgehead atoms. The lowest BCUT2D eigenvalue weighted by molar-refractivity contribution is -0.137. The Balaban J connectivity index is 1.72. The molecule has 1 amide bonds. The van der Waals surface area contributed by atoms with Gasteiger partial charge in [0.05, 0.1) is 5.75 Å². The van der Waals surface area contributed by atoms with E-state index in [1.54, 1.807) is 38.1 Å². The Morgan fingerprint density at radius 2 is 1.67 bits per heavy atom. The van der Waals surface area contributed by atoms with E-state index in [1.165, 1.54) is 18.2 Å². The molecule has 2 heterocycles. The average molecular weight is 552 g/mol. The number of benzene rings is 1. The van der Waals surface area contributed by atoms with Crippen molar-refractivity contribution < 1.29 is 23.1 Å². The van der Waals surface area contributed by atoms with Crippen molar-refractivity contribution >= 4 is 56.4 Å². The lowest BCUT2D eigenvalue weighted by Gasteiger charge is -2.16. The summed E-state index contributed by atoms with van der Waals surface area (Å²) in [6.45, 7) is 3.34. The number of nitrogens with zero attached hydrogens (tertiary/aromatic N) is 3. The second-order valence-corrected chi connectivity index (χ2v) is 10.7. The Labute approximate surface area is 218 Å². The van der Waals surface area contributed by atoms with Crippen molar-refractivity contribution in [3.05, 3.63) is 69.6 Å². The molecular formula is C23H23Cl2N5O5S. The SMILES string of the molecule is CCCS(=O)(=O)c1nc(C)cc(N[C@@H](Cc2ccc(NC(=O)c3cc(Cl)nc(Cl)c3)cc2)C(=O)O)n1. The van der Waals surface area contributed by atoms with Gasteiger partial charge in [0.1, 0.15) is 22.2 Å². The maximum atomic E-state index is 12.4. The minimum absolute atomic E-state index is 0.0687. The molecule has 3 rings (SSSR count). The molecule has 0 unspecified atom stereocenters. The molecule has 0 saturated carbocycles. The van der Waals surface area contributed by atoms with Gasteiger partial charge in [0.15, 0.2) is 0 Å². The number of rotatable bonds is 10. The van der Waals surface area contributed by atoms with Crippen LogP contribution in [0.1, 0.15) is 35.0 Å². The number of carbonyl (C=O) groups excluding carboxylic acids is 1. The second kappa shape index (κ2) is 11.6. The topological polar surface area (TPSA) is 151 Å². The minimum Gasteiger partial charge on any atom is -0.480 e. The molecule has 0 fully saturated rings. The van der Waals surface area contributed by atoms with Gasteiger partial charge in [-0.3, -0.25) is 4.79 Å². The van der Waals surface area contributed by atoms with Crippen LogP contribution in [0.5, 0.6) is 0 Å². The summed E-state index contributed by atoms with van der Waals surface area (Å²) in [6.07, 6.45) is 0.472. The van der Waals surface area contributed by atoms with Gasteiger partial charge < -0.3 is 15.7 Å². The average Bonchev–Trinajstić information content (AvgIpc) is 2.78. The van der Waals surface area contributed by atoms with Gasteiger partial charge in [-0.2, -0.15) is 0 Å². The number of aryl methyl sites for hydroxylation is 1. The maximum absolute atomic E-state index is 12.4. The van der Waals surface area contributed by atoms with E-state index in [9.17, 15) is 23.1 Å². The zero-order chi connectivity index (χ0) is 26.5. The van der Waals surface area contributed by atoms with E-state index in [-0.39, 0.29) is 39.0 Å². The quantitative estimate of drug-likeness (QED) is 0.250. The largest absolute Gasteiger partial charge is 0.480 e. The number of hydrogen-bond acceptors (Lipinski definition) is 8. The van der Waals surface area contributed by atoms with Gasteiger partial charge in [0.2, 0.25) is 15.0 Å². The summed E-state index contributed by atoms with van der Waals surface area (Å²) in [5.74, 6) is -1.59. The number of hydrogen-bond donors (Lipinski definition) is 3. The molecule has 10 nitrogen and oxygen atoms in total. The fourth-order valence-electron chi connectivity index (χ4n) is 3.25. The summed E-state index contributed by atoms with van der Waals surface area (Å²) in [4.78, 5) is 36.1. The van der Waals surface area contributed by atoms with Crippen LogP contribution in [-0.2, 0) is 21.1 Å². The number of carbonyl (C=O) groups is 2. The van der Waals surface area contributed by atoms with Crippen LogP contribution in [0.15, 0.2) is 47.6 Å². The Bertz CT molecular complexity index is 1360. The summed E-state index contributed by atoms with van der Waals surface area (Å²) in [5.41, 5.74) is 1.76. The molecule has 36 heavy (non-hydrogen) atoms. The number of aromatic nitrogens is 3. The van der Waals surface area contributed by atoms with E-state index in [0.29, 0.717) is 23.4 Å². The molecule has 0 saturated heterocycles. The number of aliphatic carboxylic acids is 1. The van der Waals surface area contributed by atoms with Gasteiger partial charge in [-0.05, 0) is 43.2 Å². The summed E-state index contributed by atoms with van der Waals surface area (Å²) in [6, 6.07) is 9.74. The molecule has 1 atom stereocenters. The van der Waals surface area contributed by atoms with Gasteiger partial charge in [-0.1, -0.05) is 42.3 Å². The van der Waals surface area contributed by atoms with Crippen LogP contribution in [0.2, 0.25) is 10.3 Å². The highest BCUT2D eigenvalue weighted by atomic mass is 35.5. The Morgan fingerprint density at radius 3 is 2.25 bits per heavy atom. The van der Waals surface area contributed by atoms with E-state index in [0.717, 1.165) is 0 Å². The van der Waals surface area contributed by atoms with E-state index in [1.807, 2.05) is 0 Å². The van der Waals surface area contributed by atoms with Gasteiger partial charge in [-0.15, -0.1) is 0 Å². The molecule has 2 aromatic heterocycles. The van der Waals surface area contributed by atoms with Crippen molar-refractivity contribution in [3.63, 3.8) is 0 Å². The second-order valence-electron chi connectivity index (χ2n) is 7.89. The molecule has 0 radical (unpaired) electrons. The van der Waals surface area contributed by atoms with Crippen molar-refractivity contribution in [3.8, 4) is 0 Å². The molecule has 0 spiro atoms. The number of amides is 1. The number of halogens is 2. The van der Waals surface area contributed by atoms with E-state index >= 15 is 0 Å². The fourth-order valence-corrected chi connectivity index (χ4v) is 4.95. The first-order chi connectivity index (χ1) is 17.0. The van der Waals surface area contributed by atoms with Crippen LogP contribution in [0.3, 0.4) is 0 Å². The van der Waals surface area contributed by atoms with Gasteiger partial charge in [-0.25, -0.2) is 28.2 Å². The van der Waals surface area contributed by atoms with Crippen molar-refractivity contribution in [2.45, 2.75) is 37.9 Å². The normalized spacial score (nSPS) is 12.1. The molecular weight excluding hydrogens is 529 g/mol. The lowest BCUT2D eigenvalue weighted by atomic mass is 10.1. The standard InChI is InChI=1S/C23H23Cl2N5O5S/c1-3-8-36(34,35)23-26-13(2)9-20(30-23)28-17(22(32)33)10-14-4-6-16(7-5-14)27-21(31)15-11-18(24)29-19(25)12-15/h4-7,9,11-12,17H,3,8,10H2,1-2H3,(H,27,31)(H,32,33)(H,26,28,30)/t17-/m0/s1. The molecule has 3 aromatic rings. The number of carboxylic acids is 1. The highest BCUT2D eigenvalue weighted by Gasteiger charge is 2.22. The molecule has 0 aliphatic heterocycles. The monoisotopic (exact) mass is 551 g/mol. The zero-order valence-electron chi connectivity index (χ0n) is 19.3. The molecule has 190 valence electrons. The molecule has 13 heteroatoms. The minimum atomic E-state index is -3.67. The predicted octanol–water partition coefficient (Wildman–Crippen LogP) is 4.03. The maximum Gasteiger partial charge on any atom is 0.326 e. The first-order valence-electron chi connectivity index (χ1n) is 10.8. The molecule has 3 N–H and O–H groups in total. The van der Waals surface area contributed by atoms with Gasteiger partial charge in [0, 0.05) is 29.4 Å². The zero-order valence-corrected chi connectivity index (χ0v) is 21.7. The number of nitrogens with one attached hydrogen (secondary N) is 2. The smallest absolute Gasteiger partial charge is 0.326 e. The molecule has 0 aliphatic carbocycles. The number of anilines is 2. The first kappa shape index (κ1) is 27.3. The van der Waals surface area contributed by atoms with Crippen molar-refractivity contribution in [1.82, 2.24) is 15.0 Å². The van der Waals surface area contributed by atoms with Crippen LogP contribution >= 0.6 is 23.2 Å². The van der Waals surface area contributed by atoms with Crippen LogP contribution in [0.25, 0.3) is 0 Å². The van der Waals surface area contributed by atoms with E-state index in [4.69, 9.17) is 23.2 Å². The van der Waals surface area contributed by atoms with Crippen molar-refractivity contribution in [2.75, 3.05) is 16.4 Å². The van der Waals surface area contributed by atoms with Gasteiger partial charge in [0.25, 0.3) is 5.91 Å². The van der Waals surface area contributed by atoms with Crippen molar-refractivity contribution in [2.24, 2.45) is 0 Å². The summed E-state index contributed by atoms with van der Waals surface area (Å²) < 4.78 is 24.7. The van der Waals surface area contributed by atoms with Crippen molar-refractivity contribution in [1.29, 1.82) is 0 Å². The third-order valence-corrected chi connectivity index (χ3v) is 6.95. The molecule has 0 aliphatic rings. The fraction of sp³-hybridized carbons (Fsp3) is 0.261. The third kappa shape index (κ3) is 7.36. The number of carboxylic acid groups (broad SMARTS) is 1. The van der Waals surface area contributed by atoms with E-state index < -0.39 is 27.8 Å².